The first-order valence-corrected chi connectivity index (χ1v) is 6.07. The summed E-state index contributed by atoms with van der Waals surface area (Å²) in [7, 11) is 0. The molecule has 5 nitrogen and oxygen atoms in total. The highest BCUT2D eigenvalue weighted by Gasteiger charge is 2.11. The SMILES string of the molecule is Cc1ccc([N+](=O)[O-])cc1OCc1ccc(C#N)cc1F. The van der Waals surface area contributed by atoms with Gasteiger partial charge in [-0.2, -0.15) is 5.26 Å². The lowest BCUT2D eigenvalue weighted by molar-refractivity contribution is -0.385. The number of ether oxygens (including phenoxy) is 1. The van der Waals surface area contributed by atoms with Crippen molar-refractivity contribution in [2.24, 2.45) is 0 Å². The van der Waals surface area contributed by atoms with E-state index in [0.29, 0.717) is 5.75 Å². The van der Waals surface area contributed by atoms with Crippen LogP contribution in [0.5, 0.6) is 5.75 Å². The Kier molecular flexibility index (Phi) is 4.14. The van der Waals surface area contributed by atoms with Crippen molar-refractivity contribution < 1.29 is 14.1 Å². The van der Waals surface area contributed by atoms with Crippen molar-refractivity contribution in [2.45, 2.75) is 13.5 Å². The van der Waals surface area contributed by atoms with Gasteiger partial charge >= 0.3 is 0 Å². The van der Waals surface area contributed by atoms with Gasteiger partial charge in [0.1, 0.15) is 18.2 Å². The van der Waals surface area contributed by atoms with Gasteiger partial charge in [-0.3, -0.25) is 10.1 Å². The third-order valence-corrected chi connectivity index (χ3v) is 2.95. The van der Waals surface area contributed by atoms with Crippen LogP contribution >= 0.6 is 0 Å². The molecule has 106 valence electrons. The summed E-state index contributed by atoms with van der Waals surface area (Å²) in [6.07, 6.45) is 0. The van der Waals surface area contributed by atoms with E-state index >= 15 is 0 Å². The zero-order valence-electron chi connectivity index (χ0n) is 11.2. The van der Waals surface area contributed by atoms with Crippen molar-refractivity contribution in [3.8, 4) is 11.8 Å². The van der Waals surface area contributed by atoms with Crippen LogP contribution in [0.15, 0.2) is 36.4 Å². The molecule has 2 aromatic rings. The topological polar surface area (TPSA) is 76.2 Å². The predicted octanol–water partition coefficient (Wildman–Crippen LogP) is 3.49. The largest absolute Gasteiger partial charge is 0.488 e. The number of nitriles is 1. The van der Waals surface area contributed by atoms with Crippen LogP contribution in [0.1, 0.15) is 16.7 Å². The number of rotatable bonds is 4. The molecule has 0 amide bonds. The maximum Gasteiger partial charge on any atom is 0.273 e. The molecule has 21 heavy (non-hydrogen) atoms. The second-order valence-corrected chi connectivity index (χ2v) is 4.41. The van der Waals surface area contributed by atoms with E-state index in [1.54, 1.807) is 13.0 Å². The first kappa shape index (κ1) is 14.5. The van der Waals surface area contributed by atoms with Crippen LogP contribution in [-0.4, -0.2) is 4.92 Å². The molecule has 2 aromatic carbocycles. The van der Waals surface area contributed by atoms with Crippen LogP contribution in [-0.2, 0) is 6.61 Å². The highest BCUT2D eigenvalue weighted by molar-refractivity contribution is 5.43. The van der Waals surface area contributed by atoms with Gasteiger partial charge in [0.05, 0.1) is 22.6 Å². The molecule has 0 bridgehead atoms. The molecule has 0 heterocycles. The van der Waals surface area contributed by atoms with Gasteiger partial charge in [-0.05, 0) is 30.7 Å². The van der Waals surface area contributed by atoms with Crippen molar-refractivity contribution in [2.75, 3.05) is 0 Å². The van der Waals surface area contributed by atoms with Crippen LogP contribution in [0.25, 0.3) is 0 Å². The minimum absolute atomic E-state index is 0.0699. The number of hydrogen-bond donors (Lipinski definition) is 0. The third kappa shape index (κ3) is 3.34. The van der Waals surface area contributed by atoms with Crippen LogP contribution < -0.4 is 4.74 Å². The van der Waals surface area contributed by atoms with Gasteiger partial charge < -0.3 is 4.74 Å². The quantitative estimate of drug-likeness (QED) is 0.636. The highest BCUT2D eigenvalue weighted by atomic mass is 19.1. The molecule has 6 heteroatoms. The summed E-state index contributed by atoms with van der Waals surface area (Å²) in [6, 6.07) is 10.2. The van der Waals surface area contributed by atoms with Gasteiger partial charge in [-0.1, -0.05) is 6.07 Å². The zero-order chi connectivity index (χ0) is 15.4. The van der Waals surface area contributed by atoms with E-state index in [2.05, 4.69) is 0 Å². The number of aryl methyl sites for hydroxylation is 1. The molecule has 0 unspecified atom stereocenters. The first-order chi connectivity index (χ1) is 10.0. The van der Waals surface area contributed by atoms with Gasteiger partial charge in [0, 0.05) is 11.6 Å². The van der Waals surface area contributed by atoms with Gasteiger partial charge in [0.15, 0.2) is 0 Å². The Balaban J connectivity index is 2.18. The number of non-ortho nitro benzene ring substituents is 1. The van der Waals surface area contributed by atoms with Crippen molar-refractivity contribution in [3.63, 3.8) is 0 Å². The summed E-state index contributed by atoms with van der Waals surface area (Å²) in [5.41, 5.74) is 1.13. The fourth-order valence-corrected chi connectivity index (χ4v) is 1.75. The summed E-state index contributed by atoms with van der Waals surface area (Å²) in [5.74, 6) is -0.218. The number of benzene rings is 2. The molecule has 0 radical (unpaired) electrons. The maximum absolute atomic E-state index is 13.7. The minimum atomic E-state index is -0.544. The standard InChI is InChI=1S/C15H11FN2O3/c1-10-2-5-13(18(19)20)7-15(10)21-9-12-4-3-11(8-17)6-14(12)16/h2-7H,9H2,1H3. The van der Waals surface area contributed by atoms with Crippen molar-refractivity contribution in [3.05, 3.63) is 69.0 Å². The number of halogens is 1. The van der Waals surface area contributed by atoms with Gasteiger partial charge in [-0.15, -0.1) is 0 Å². The average Bonchev–Trinajstić information content (AvgIpc) is 2.47. The van der Waals surface area contributed by atoms with E-state index in [1.807, 2.05) is 6.07 Å². The van der Waals surface area contributed by atoms with Crippen LogP contribution in [0.2, 0.25) is 0 Å². The summed E-state index contributed by atoms with van der Waals surface area (Å²) < 4.78 is 19.1. The molecule has 0 saturated carbocycles. The van der Waals surface area contributed by atoms with E-state index < -0.39 is 10.7 Å². The predicted molar refractivity (Wildman–Crippen MR) is 73.3 cm³/mol. The summed E-state index contributed by atoms with van der Waals surface area (Å²) in [4.78, 5) is 10.2. The van der Waals surface area contributed by atoms with E-state index in [1.165, 1.54) is 24.3 Å². The number of nitro groups is 1. The summed E-state index contributed by atoms with van der Waals surface area (Å²) in [5, 5.41) is 19.4. The molecule has 0 aliphatic heterocycles. The summed E-state index contributed by atoms with van der Waals surface area (Å²) in [6.45, 7) is 1.67. The molecule has 0 N–H and O–H groups in total. The Morgan fingerprint density at radius 1 is 1.33 bits per heavy atom. The lowest BCUT2D eigenvalue weighted by atomic mass is 10.1. The van der Waals surface area contributed by atoms with Crippen molar-refractivity contribution >= 4 is 5.69 Å². The molecule has 0 atom stereocenters. The Morgan fingerprint density at radius 3 is 2.71 bits per heavy atom. The Labute approximate surface area is 120 Å². The number of nitrogens with zero attached hydrogens (tertiary/aromatic N) is 2. The molecule has 0 aliphatic carbocycles. The van der Waals surface area contributed by atoms with E-state index in [9.17, 15) is 14.5 Å². The first-order valence-electron chi connectivity index (χ1n) is 6.07. The number of nitro benzene ring substituents is 1. The average molecular weight is 286 g/mol. The fraction of sp³-hybridized carbons (Fsp3) is 0.133. The second-order valence-electron chi connectivity index (χ2n) is 4.41. The molecule has 2 rings (SSSR count). The molecule has 0 spiro atoms. The molecule has 0 aliphatic rings. The number of hydrogen-bond acceptors (Lipinski definition) is 4. The molecule has 0 fully saturated rings. The van der Waals surface area contributed by atoms with Crippen molar-refractivity contribution in [1.29, 1.82) is 5.26 Å². The Bertz CT molecular complexity index is 738. The van der Waals surface area contributed by atoms with Crippen LogP contribution in [0.3, 0.4) is 0 Å². The summed E-state index contributed by atoms with van der Waals surface area (Å²) >= 11 is 0. The lowest BCUT2D eigenvalue weighted by Crippen LogP contribution is -2.01. The third-order valence-electron chi connectivity index (χ3n) is 2.95. The van der Waals surface area contributed by atoms with Crippen molar-refractivity contribution in [1.82, 2.24) is 0 Å². The minimum Gasteiger partial charge on any atom is -0.488 e. The molecular weight excluding hydrogens is 275 g/mol. The Hall–Kier alpha value is -2.94. The van der Waals surface area contributed by atoms with E-state index in [4.69, 9.17) is 10.00 Å². The normalized spacial score (nSPS) is 9.95. The molecule has 0 saturated heterocycles. The maximum atomic E-state index is 13.7. The molecular formula is C15H11FN2O3. The van der Waals surface area contributed by atoms with Crippen LogP contribution in [0, 0.1) is 34.2 Å². The molecule has 0 aromatic heterocycles. The van der Waals surface area contributed by atoms with E-state index in [-0.39, 0.29) is 23.4 Å². The van der Waals surface area contributed by atoms with Gasteiger partial charge in [-0.25, -0.2) is 4.39 Å². The lowest BCUT2D eigenvalue weighted by Gasteiger charge is -2.09. The second kappa shape index (κ2) is 6.01. The van der Waals surface area contributed by atoms with Crippen LogP contribution in [0.4, 0.5) is 10.1 Å². The van der Waals surface area contributed by atoms with Gasteiger partial charge in [0.2, 0.25) is 0 Å². The van der Waals surface area contributed by atoms with Gasteiger partial charge in [0.25, 0.3) is 5.69 Å². The monoisotopic (exact) mass is 286 g/mol. The fourth-order valence-electron chi connectivity index (χ4n) is 1.75. The Morgan fingerprint density at radius 2 is 2.10 bits per heavy atom. The van der Waals surface area contributed by atoms with E-state index in [0.717, 1.165) is 11.6 Å². The zero-order valence-corrected chi connectivity index (χ0v) is 11.2. The smallest absolute Gasteiger partial charge is 0.273 e. The highest BCUT2D eigenvalue weighted by Crippen LogP contribution is 2.25.